The Hall–Kier alpha value is -1.51. The molecule has 0 saturated carbocycles. The Labute approximate surface area is 109 Å². The van der Waals surface area contributed by atoms with Crippen LogP contribution in [-0.2, 0) is 0 Å². The van der Waals surface area contributed by atoms with Crippen molar-refractivity contribution in [2.75, 3.05) is 13.7 Å². The van der Waals surface area contributed by atoms with Crippen molar-refractivity contribution in [1.82, 2.24) is 4.90 Å². The number of methoxy groups -OCH3 is 1. The summed E-state index contributed by atoms with van der Waals surface area (Å²) in [6.07, 6.45) is 4.52. The van der Waals surface area contributed by atoms with Crippen molar-refractivity contribution in [3.8, 4) is 5.75 Å². The van der Waals surface area contributed by atoms with E-state index in [4.69, 9.17) is 4.74 Å². The van der Waals surface area contributed by atoms with E-state index >= 15 is 0 Å². The zero-order valence-corrected chi connectivity index (χ0v) is 11.2. The van der Waals surface area contributed by atoms with Crippen molar-refractivity contribution in [1.29, 1.82) is 0 Å². The van der Waals surface area contributed by atoms with E-state index in [1.165, 1.54) is 6.42 Å². The van der Waals surface area contributed by atoms with Gasteiger partial charge in [-0.05, 0) is 43.9 Å². The van der Waals surface area contributed by atoms with E-state index < -0.39 is 0 Å². The highest BCUT2D eigenvalue weighted by molar-refractivity contribution is 5.94. The minimum atomic E-state index is 0.139. The fraction of sp³-hybridized carbons (Fsp3) is 0.533. The molecule has 18 heavy (non-hydrogen) atoms. The number of carbonyl (C=O) groups is 1. The van der Waals surface area contributed by atoms with Gasteiger partial charge < -0.3 is 9.64 Å². The van der Waals surface area contributed by atoms with Gasteiger partial charge in [-0.15, -0.1) is 0 Å². The number of hydrogen-bond acceptors (Lipinski definition) is 2. The third kappa shape index (κ3) is 2.66. The molecule has 2 rings (SSSR count). The maximum Gasteiger partial charge on any atom is 0.254 e. The predicted molar refractivity (Wildman–Crippen MR) is 72.0 cm³/mol. The molecular weight excluding hydrogens is 226 g/mol. The highest BCUT2D eigenvalue weighted by atomic mass is 16.5. The first-order valence-corrected chi connectivity index (χ1v) is 6.71. The zero-order valence-electron chi connectivity index (χ0n) is 11.2. The van der Waals surface area contributed by atoms with Gasteiger partial charge in [-0.25, -0.2) is 0 Å². The van der Waals surface area contributed by atoms with Gasteiger partial charge in [0.2, 0.25) is 0 Å². The van der Waals surface area contributed by atoms with Crippen molar-refractivity contribution in [2.45, 2.75) is 38.6 Å². The number of amides is 1. The van der Waals surface area contributed by atoms with Crippen LogP contribution in [0.5, 0.6) is 5.75 Å². The van der Waals surface area contributed by atoms with Crippen molar-refractivity contribution < 1.29 is 9.53 Å². The van der Waals surface area contributed by atoms with E-state index in [1.54, 1.807) is 7.11 Å². The van der Waals surface area contributed by atoms with Gasteiger partial charge in [0.05, 0.1) is 7.11 Å². The highest BCUT2D eigenvalue weighted by Crippen LogP contribution is 2.23. The Bertz CT molecular complexity index is 417. The Morgan fingerprint density at radius 3 is 3.00 bits per heavy atom. The molecule has 1 aliphatic heterocycles. The van der Waals surface area contributed by atoms with Crippen molar-refractivity contribution in [3.05, 3.63) is 29.8 Å². The van der Waals surface area contributed by atoms with Gasteiger partial charge in [-0.3, -0.25) is 4.79 Å². The standard InChI is InChI=1S/C15H21NO2/c1-3-13-8-4-5-10-16(13)15(17)12-7-6-9-14(11-12)18-2/h6-7,9,11,13H,3-5,8,10H2,1-2H3/t13-/m0/s1. The summed E-state index contributed by atoms with van der Waals surface area (Å²) in [6, 6.07) is 7.83. The van der Waals surface area contributed by atoms with E-state index in [2.05, 4.69) is 6.92 Å². The number of piperidine rings is 1. The molecule has 1 aromatic rings. The lowest BCUT2D eigenvalue weighted by Gasteiger charge is -2.35. The quantitative estimate of drug-likeness (QED) is 0.821. The molecule has 98 valence electrons. The fourth-order valence-corrected chi connectivity index (χ4v) is 2.61. The second-order valence-electron chi connectivity index (χ2n) is 4.79. The molecule has 0 aliphatic carbocycles. The lowest BCUT2D eigenvalue weighted by Crippen LogP contribution is -2.43. The minimum Gasteiger partial charge on any atom is -0.497 e. The highest BCUT2D eigenvalue weighted by Gasteiger charge is 2.26. The zero-order chi connectivity index (χ0) is 13.0. The van der Waals surface area contributed by atoms with Gasteiger partial charge in [0.25, 0.3) is 5.91 Å². The maximum absolute atomic E-state index is 12.5. The predicted octanol–water partition coefficient (Wildman–Crippen LogP) is 3.10. The first-order valence-electron chi connectivity index (χ1n) is 6.71. The van der Waals surface area contributed by atoms with E-state index in [-0.39, 0.29) is 5.91 Å². The molecule has 1 saturated heterocycles. The van der Waals surface area contributed by atoms with Crippen LogP contribution in [0.25, 0.3) is 0 Å². The summed E-state index contributed by atoms with van der Waals surface area (Å²) in [5, 5.41) is 0. The molecule has 1 aromatic carbocycles. The molecule has 1 atom stereocenters. The van der Waals surface area contributed by atoms with Crippen LogP contribution in [-0.4, -0.2) is 30.5 Å². The number of likely N-dealkylation sites (tertiary alicyclic amines) is 1. The summed E-state index contributed by atoms with van der Waals surface area (Å²) in [6.45, 7) is 3.04. The van der Waals surface area contributed by atoms with E-state index in [1.807, 2.05) is 29.2 Å². The van der Waals surface area contributed by atoms with Crippen LogP contribution in [0, 0.1) is 0 Å². The van der Waals surface area contributed by atoms with Crippen LogP contribution < -0.4 is 4.74 Å². The summed E-state index contributed by atoms with van der Waals surface area (Å²) < 4.78 is 5.17. The molecule has 3 heteroatoms. The molecule has 1 heterocycles. The lowest BCUT2D eigenvalue weighted by atomic mass is 9.99. The third-order valence-corrected chi connectivity index (χ3v) is 3.68. The Balaban J connectivity index is 2.18. The molecule has 1 aliphatic rings. The Kier molecular flexibility index (Phi) is 4.24. The van der Waals surface area contributed by atoms with E-state index in [9.17, 15) is 4.79 Å². The number of benzene rings is 1. The van der Waals surface area contributed by atoms with Crippen LogP contribution in [0.1, 0.15) is 43.0 Å². The van der Waals surface area contributed by atoms with Gasteiger partial charge in [0.15, 0.2) is 0 Å². The summed E-state index contributed by atoms with van der Waals surface area (Å²) in [7, 11) is 1.62. The number of carbonyl (C=O) groups excluding carboxylic acids is 1. The molecule has 0 aromatic heterocycles. The number of hydrogen-bond donors (Lipinski definition) is 0. The van der Waals surface area contributed by atoms with E-state index in [0.717, 1.165) is 37.1 Å². The molecule has 0 unspecified atom stereocenters. The average molecular weight is 247 g/mol. The molecular formula is C15H21NO2. The first-order chi connectivity index (χ1) is 8.76. The molecule has 3 nitrogen and oxygen atoms in total. The third-order valence-electron chi connectivity index (χ3n) is 3.68. The number of nitrogens with zero attached hydrogens (tertiary/aromatic N) is 1. The lowest BCUT2D eigenvalue weighted by molar-refractivity contribution is 0.0607. The van der Waals surface area contributed by atoms with Gasteiger partial charge in [0, 0.05) is 18.2 Å². The topological polar surface area (TPSA) is 29.5 Å². The second-order valence-corrected chi connectivity index (χ2v) is 4.79. The maximum atomic E-state index is 12.5. The summed E-state index contributed by atoms with van der Waals surface area (Å²) in [5.41, 5.74) is 0.731. The van der Waals surface area contributed by atoms with Gasteiger partial charge in [-0.1, -0.05) is 13.0 Å². The normalized spacial score (nSPS) is 19.7. The van der Waals surface area contributed by atoms with Crippen molar-refractivity contribution in [3.63, 3.8) is 0 Å². The van der Waals surface area contributed by atoms with Crippen LogP contribution in [0.4, 0.5) is 0 Å². The van der Waals surface area contributed by atoms with Crippen LogP contribution in [0.15, 0.2) is 24.3 Å². The van der Waals surface area contributed by atoms with Crippen molar-refractivity contribution >= 4 is 5.91 Å². The van der Waals surface area contributed by atoms with Gasteiger partial charge in [0.1, 0.15) is 5.75 Å². The molecule has 0 bridgehead atoms. The molecule has 0 radical (unpaired) electrons. The Morgan fingerprint density at radius 1 is 1.44 bits per heavy atom. The monoisotopic (exact) mass is 247 g/mol. The summed E-state index contributed by atoms with van der Waals surface area (Å²) in [4.78, 5) is 14.5. The van der Waals surface area contributed by atoms with Crippen LogP contribution >= 0.6 is 0 Å². The van der Waals surface area contributed by atoms with Crippen molar-refractivity contribution in [2.24, 2.45) is 0 Å². The van der Waals surface area contributed by atoms with Gasteiger partial charge in [-0.2, -0.15) is 0 Å². The minimum absolute atomic E-state index is 0.139. The smallest absolute Gasteiger partial charge is 0.254 e. The molecule has 1 amide bonds. The van der Waals surface area contributed by atoms with Crippen LogP contribution in [0.2, 0.25) is 0 Å². The SMILES string of the molecule is CC[C@H]1CCCCN1C(=O)c1cccc(OC)c1. The molecule has 0 spiro atoms. The molecule has 0 N–H and O–H groups in total. The van der Waals surface area contributed by atoms with E-state index in [0.29, 0.717) is 6.04 Å². The summed E-state index contributed by atoms with van der Waals surface area (Å²) in [5.74, 6) is 0.881. The first kappa shape index (κ1) is 12.9. The number of rotatable bonds is 3. The average Bonchev–Trinajstić information content (AvgIpc) is 2.46. The van der Waals surface area contributed by atoms with Crippen LogP contribution in [0.3, 0.4) is 0 Å². The Morgan fingerprint density at radius 2 is 2.28 bits per heavy atom. The summed E-state index contributed by atoms with van der Waals surface area (Å²) >= 11 is 0. The second kappa shape index (κ2) is 5.89. The van der Waals surface area contributed by atoms with Gasteiger partial charge >= 0.3 is 0 Å². The largest absolute Gasteiger partial charge is 0.497 e. The fourth-order valence-electron chi connectivity index (χ4n) is 2.61. The number of ether oxygens (including phenoxy) is 1. The molecule has 1 fully saturated rings.